The van der Waals surface area contributed by atoms with E-state index >= 15 is 0 Å². The third-order valence-corrected chi connectivity index (χ3v) is 4.94. The molecule has 136 valence electrons. The van der Waals surface area contributed by atoms with Gasteiger partial charge in [0, 0.05) is 50.3 Å². The average molecular weight is 355 g/mol. The molecule has 6 nitrogen and oxygen atoms in total. The number of ether oxygens (including phenoxy) is 2. The van der Waals surface area contributed by atoms with E-state index in [4.69, 9.17) is 9.47 Å². The van der Waals surface area contributed by atoms with Crippen LogP contribution in [0.5, 0.6) is 0 Å². The molecule has 7 heteroatoms. The minimum absolute atomic E-state index is 0.284. The molecule has 0 bridgehead atoms. The van der Waals surface area contributed by atoms with Crippen molar-refractivity contribution in [3.63, 3.8) is 0 Å². The fourth-order valence-electron chi connectivity index (χ4n) is 2.41. The maximum atomic E-state index is 5.75. The number of aliphatic imine (C=N–C) groups is 1. The Labute approximate surface area is 149 Å². The van der Waals surface area contributed by atoms with Gasteiger partial charge in [-0.15, -0.1) is 11.3 Å². The number of guanidine groups is 1. The maximum Gasteiger partial charge on any atom is 0.191 e. The van der Waals surface area contributed by atoms with Crippen molar-refractivity contribution in [3.8, 4) is 0 Å². The molecule has 0 radical (unpaired) electrons. The molecule has 2 heterocycles. The van der Waals surface area contributed by atoms with Crippen molar-refractivity contribution >= 4 is 17.3 Å². The average Bonchev–Trinajstić information content (AvgIpc) is 3.26. The topological polar surface area (TPSA) is 67.8 Å². The zero-order valence-electron chi connectivity index (χ0n) is 14.8. The minimum atomic E-state index is 0.284. The third-order valence-electron chi connectivity index (χ3n) is 3.74. The van der Waals surface area contributed by atoms with E-state index in [-0.39, 0.29) is 6.10 Å². The van der Waals surface area contributed by atoms with Crippen LogP contribution in [0.25, 0.3) is 0 Å². The van der Waals surface area contributed by atoms with Crippen molar-refractivity contribution in [2.75, 3.05) is 39.5 Å². The van der Waals surface area contributed by atoms with Gasteiger partial charge in [-0.2, -0.15) is 0 Å². The summed E-state index contributed by atoms with van der Waals surface area (Å²) in [5.41, 5.74) is 0. The van der Waals surface area contributed by atoms with Crippen LogP contribution in [-0.4, -0.2) is 56.5 Å². The van der Waals surface area contributed by atoms with Gasteiger partial charge in [0.05, 0.1) is 17.7 Å². The first-order valence-electron chi connectivity index (χ1n) is 8.97. The number of aryl methyl sites for hydroxylation is 1. The van der Waals surface area contributed by atoms with Gasteiger partial charge in [0.25, 0.3) is 0 Å². The zero-order valence-corrected chi connectivity index (χ0v) is 15.7. The van der Waals surface area contributed by atoms with E-state index in [0.717, 1.165) is 71.1 Å². The second-order valence-corrected chi connectivity index (χ2v) is 6.92. The van der Waals surface area contributed by atoms with Crippen LogP contribution in [0.4, 0.5) is 0 Å². The summed E-state index contributed by atoms with van der Waals surface area (Å²) in [4.78, 5) is 10.4. The number of hydrogen-bond donors (Lipinski definition) is 2. The van der Waals surface area contributed by atoms with Crippen molar-refractivity contribution in [3.05, 3.63) is 16.1 Å². The lowest BCUT2D eigenvalue weighted by Gasteiger charge is -2.11. The van der Waals surface area contributed by atoms with E-state index < -0.39 is 0 Å². The highest BCUT2D eigenvalue weighted by Gasteiger charge is 2.15. The summed E-state index contributed by atoms with van der Waals surface area (Å²) in [5, 5.41) is 7.83. The molecule has 2 rings (SSSR count). The Kier molecular flexibility index (Phi) is 9.09. The Morgan fingerprint density at radius 3 is 3.08 bits per heavy atom. The summed E-state index contributed by atoms with van der Waals surface area (Å²) in [6.45, 7) is 9.02. The van der Waals surface area contributed by atoms with Crippen molar-refractivity contribution < 1.29 is 9.47 Å². The molecular weight excluding hydrogens is 324 g/mol. The molecule has 1 fully saturated rings. The highest BCUT2D eigenvalue weighted by molar-refractivity contribution is 7.11. The minimum Gasteiger partial charge on any atom is -0.379 e. The van der Waals surface area contributed by atoms with Crippen molar-refractivity contribution in [1.82, 2.24) is 15.6 Å². The number of nitrogens with zero attached hydrogens (tertiary/aromatic N) is 2. The summed E-state index contributed by atoms with van der Waals surface area (Å²) < 4.78 is 11.1. The van der Waals surface area contributed by atoms with Crippen LogP contribution in [-0.2, 0) is 22.3 Å². The Balaban J connectivity index is 1.62. The fraction of sp³-hybridized carbons (Fsp3) is 0.765. The monoisotopic (exact) mass is 354 g/mol. The van der Waals surface area contributed by atoms with Gasteiger partial charge in [-0.25, -0.2) is 4.98 Å². The lowest BCUT2D eigenvalue weighted by atomic mass is 10.3. The number of hydrogen-bond acceptors (Lipinski definition) is 5. The number of rotatable bonds is 10. The van der Waals surface area contributed by atoms with Crippen LogP contribution < -0.4 is 10.6 Å². The van der Waals surface area contributed by atoms with E-state index in [9.17, 15) is 0 Å². The van der Waals surface area contributed by atoms with Crippen molar-refractivity contribution in [2.24, 2.45) is 4.99 Å². The first-order chi connectivity index (χ1) is 11.8. The molecule has 0 aliphatic carbocycles. The van der Waals surface area contributed by atoms with Gasteiger partial charge in [0.1, 0.15) is 0 Å². The van der Waals surface area contributed by atoms with Gasteiger partial charge in [-0.05, 0) is 26.2 Å². The zero-order chi connectivity index (χ0) is 17.0. The molecule has 0 amide bonds. The van der Waals surface area contributed by atoms with Gasteiger partial charge >= 0.3 is 0 Å². The van der Waals surface area contributed by atoms with Crippen LogP contribution >= 0.6 is 11.3 Å². The van der Waals surface area contributed by atoms with E-state index in [2.05, 4.69) is 34.5 Å². The highest BCUT2D eigenvalue weighted by Crippen LogP contribution is 2.13. The fourth-order valence-corrected chi connectivity index (χ4v) is 3.27. The predicted octanol–water partition coefficient (Wildman–Crippen LogP) is 2.00. The summed E-state index contributed by atoms with van der Waals surface area (Å²) in [5.74, 6) is 0.869. The highest BCUT2D eigenvalue weighted by atomic mass is 32.1. The number of nitrogens with one attached hydrogen (secondary N) is 2. The number of aromatic nitrogens is 1. The second-order valence-electron chi connectivity index (χ2n) is 5.72. The molecule has 0 saturated carbocycles. The van der Waals surface area contributed by atoms with E-state index in [1.807, 2.05) is 6.20 Å². The molecule has 1 unspecified atom stereocenters. The molecule has 1 saturated heterocycles. The Morgan fingerprint density at radius 2 is 2.38 bits per heavy atom. The van der Waals surface area contributed by atoms with E-state index in [1.165, 1.54) is 9.88 Å². The summed E-state index contributed by atoms with van der Waals surface area (Å²) in [6.07, 6.45) is 6.20. The normalized spacial score (nSPS) is 18.1. The van der Waals surface area contributed by atoms with Crippen LogP contribution in [0.3, 0.4) is 0 Å². The molecule has 24 heavy (non-hydrogen) atoms. The maximum absolute atomic E-state index is 5.75. The van der Waals surface area contributed by atoms with E-state index in [1.54, 1.807) is 11.3 Å². The van der Waals surface area contributed by atoms with Gasteiger partial charge in [-0.3, -0.25) is 4.99 Å². The van der Waals surface area contributed by atoms with Gasteiger partial charge in [0.15, 0.2) is 5.96 Å². The smallest absolute Gasteiger partial charge is 0.191 e. The molecule has 1 aliphatic rings. The van der Waals surface area contributed by atoms with Gasteiger partial charge in [-0.1, -0.05) is 6.92 Å². The molecule has 1 atom stereocenters. The summed E-state index contributed by atoms with van der Waals surface area (Å²) in [7, 11) is 0. The molecule has 1 aromatic rings. The lowest BCUT2D eigenvalue weighted by molar-refractivity contribution is 0.0424. The molecule has 1 aliphatic heterocycles. The third kappa shape index (κ3) is 7.15. The van der Waals surface area contributed by atoms with Crippen molar-refractivity contribution in [1.29, 1.82) is 0 Å². The second kappa shape index (κ2) is 11.4. The van der Waals surface area contributed by atoms with Gasteiger partial charge < -0.3 is 20.1 Å². The van der Waals surface area contributed by atoms with Crippen LogP contribution in [0.15, 0.2) is 11.2 Å². The van der Waals surface area contributed by atoms with Crippen LogP contribution in [0.2, 0.25) is 0 Å². The first kappa shape index (κ1) is 19.1. The Morgan fingerprint density at radius 1 is 1.46 bits per heavy atom. The standard InChI is InChI=1S/C17H30N4O2S/c1-3-15-12-21-16(24-15)6-9-20-17(18-4-2)19-8-5-10-23-14-7-11-22-13-14/h12,14H,3-11,13H2,1-2H3,(H2,18,19,20). The summed E-state index contributed by atoms with van der Waals surface area (Å²) in [6, 6.07) is 0. The predicted molar refractivity (Wildman–Crippen MR) is 99.0 cm³/mol. The SMILES string of the molecule is CCNC(=NCCCOC1CCOC1)NCCc1ncc(CC)s1. The van der Waals surface area contributed by atoms with Gasteiger partial charge in [0.2, 0.25) is 0 Å². The number of thiazole rings is 1. The molecular formula is C17H30N4O2S. The molecule has 0 spiro atoms. The van der Waals surface area contributed by atoms with E-state index in [0.29, 0.717) is 0 Å². The Bertz CT molecular complexity index is 487. The quantitative estimate of drug-likeness (QED) is 0.382. The van der Waals surface area contributed by atoms with Crippen LogP contribution in [0.1, 0.15) is 36.6 Å². The first-order valence-corrected chi connectivity index (χ1v) is 9.78. The lowest BCUT2D eigenvalue weighted by Crippen LogP contribution is -2.38. The molecule has 1 aromatic heterocycles. The van der Waals surface area contributed by atoms with Crippen LogP contribution in [0, 0.1) is 0 Å². The largest absolute Gasteiger partial charge is 0.379 e. The Hall–Kier alpha value is -1.18. The summed E-state index contributed by atoms with van der Waals surface area (Å²) >= 11 is 1.80. The van der Waals surface area contributed by atoms with Crippen molar-refractivity contribution in [2.45, 2.75) is 45.6 Å². The molecule has 2 N–H and O–H groups in total. The molecule has 0 aromatic carbocycles.